The molecule has 0 spiro atoms. The first-order valence-electron chi connectivity index (χ1n) is 6.24. The maximum atomic E-state index is 5.67. The van der Waals surface area contributed by atoms with Crippen LogP contribution >= 0.6 is 11.8 Å². The molecule has 2 aromatic rings. The van der Waals surface area contributed by atoms with Crippen LogP contribution in [0.3, 0.4) is 0 Å². The molecule has 0 atom stereocenters. The summed E-state index contributed by atoms with van der Waals surface area (Å²) in [5, 5.41) is 1.30. The van der Waals surface area contributed by atoms with Crippen molar-refractivity contribution in [2.24, 2.45) is 0 Å². The van der Waals surface area contributed by atoms with E-state index >= 15 is 0 Å². The van der Waals surface area contributed by atoms with Crippen molar-refractivity contribution in [1.29, 1.82) is 0 Å². The Morgan fingerprint density at radius 1 is 1.10 bits per heavy atom. The Hall–Kier alpha value is -1.89. The zero-order chi connectivity index (χ0) is 14.7. The summed E-state index contributed by atoms with van der Waals surface area (Å²) >= 11 is 1.34. The zero-order valence-electron chi connectivity index (χ0n) is 11.9. The van der Waals surface area contributed by atoms with Gasteiger partial charge in [-0.05, 0) is 57.2 Å². The van der Waals surface area contributed by atoms with Gasteiger partial charge in [-0.2, -0.15) is 15.0 Å². The summed E-state index contributed by atoms with van der Waals surface area (Å²) in [6.07, 6.45) is -0.0195. The molecule has 0 radical (unpaired) electrons. The van der Waals surface area contributed by atoms with Crippen LogP contribution < -0.4 is 10.5 Å². The van der Waals surface area contributed by atoms with Crippen molar-refractivity contribution in [3.05, 3.63) is 23.4 Å². The third kappa shape index (κ3) is 4.06. The molecule has 6 nitrogen and oxygen atoms in total. The topological polar surface area (TPSA) is 86.8 Å². The Kier molecular flexibility index (Phi) is 4.39. The SMILES string of the molecule is Cc1cc(C)nc(Sc2nc(N)nc(OC(C)C)n2)c1. The van der Waals surface area contributed by atoms with Gasteiger partial charge < -0.3 is 10.5 Å². The van der Waals surface area contributed by atoms with Gasteiger partial charge >= 0.3 is 6.01 Å². The number of nitrogen functional groups attached to an aromatic ring is 1. The smallest absolute Gasteiger partial charge is 0.322 e. The number of aryl methyl sites for hydroxylation is 2. The van der Waals surface area contributed by atoms with Crippen LogP contribution in [-0.4, -0.2) is 26.0 Å². The van der Waals surface area contributed by atoms with E-state index in [0.717, 1.165) is 16.3 Å². The van der Waals surface area contributed by atoms with Crippen LogP contribution in [0.25, 0.3) is 0 Å². The lowest BCUT2D eigenvalue weighted by molar-refractivity contribution is 0.219. The molecule has 0 aliphatic carbocycles. The summed E-state index contributed by atoms with van der Waals surface area (Å²) in [5.74, 6) is 0.141. The minimum Gasteiger partial charge on any atom is -0.461 e. The molecule has 0 saturated heterocycles. The highest BCUT2D eigenvalue weighted by molar-refractivity contribution is 7.99. The third-order valence-corrected chi connectivity index (χ3v) is 3.01. The first kappa shape index (κ1) is 14.5. The first-order chi connectivity index (χ1) is 9.42. The maximum absolute atomic E-state index is 5.67. The number of hydrogen-bond acceptors (Lipinski definition) is 7. The number of anilines is 1. The molecule has 2 rings (SSSR count). The molecule has 2 aromatic heterocycles. The summed E-state index contributed by atoms with van der Waals surface area (Å²) in [5.41, 5.74) is 7.76. The van der Waals surface area contributed by atoms with Crippen molar-refractivity contribution in [3.8, 4) is 6.01 Å². The average Bonchev–Trinajstić information content (AvgIpc) is 2.24. The second kappa shape index (κ2) is 6.04. The molecule has 0 aliphatic rings. The molecule has 0 amide bonds. The van der Waals surface area contributed by atoms with Gasteiger partial charge in [0.1, 0.15) is 5.03 Å². The molecule has 0 bridgehead atoms. The highest BCUT2D eigenvalue weighted by Gasteiger charge is 2.10. The second-order valence-corrected chi connectivity index (χ2v) is 5.64. The first-order valence-corrected chi connectivity index (χ1v) is 7.05. The van der Waals surface area contributed by atoms with Crippen LogP contribution in [0.15, 0.2) is 22.3 Å². The zero-order valence-corrected chi connectivity index (χ0v) is 12.7. The molecule has 2 heterocycles. The molecule has 2 N–H and O–H groups in total. The van der Waals surface area contributed by atoms with E-state index in [2.05, 4.69) is 19.9 Å². The molecule has 0 fully saturated rings. The van der Waals surface area contributed by atoms with Gasteiger partial charge in [-0.1, -0.05) is 0 Å². The monoisotopic (exact) mass is 291 g/mol. The minimum atomic E-state index is -0.0195. The van der Waals surface area contributed by atoms with Crippen LogP contribution in [0.1, 0.15) is 25.1 Å². The van der Waals surface area contributed by atoms with E-state index in [0.29, 0.717) is 5.16 Å². The number of rotatable bonds is 4. The third-order valence-electron chi connectivity index (χ3n) is 2.22. The Bertz CT molecular complexity index is 597. The standard InChI is InChI=1S/C13H17N5OS/c1-7(2)19-12-16-11(14)17-13(18-12)20-10-6-8(3)5-9(4)15-10/h5-7H,1-4H3,(H2,14,16,17,18). The number of hydrogen-bond donors (Lipinski definition) is 1. The van der Waals surface area contributed by atoms with Gasteiger partial charge in [-0.15, -0.1) is 0 Å². The summed E-state index contributed by atoms with van der Waals surface area (Å²) < 4.78 is 5.44. The molecule has 106 valence electrons. The van der Waals surface area contributed by atoms with Gasteiger partial charge in [0.25, 0.3) is 0 Å². The molecular weight excluding hydrogens is 274 g/mol. The molecule has 20 heavy (non-hydrogen) atoms. The largest absolute Gasteiger partial charge is 0.461 e. The number of pyridine rings is 1. The Morgan fingerprint density at radius 2 is 1.85 bits per heavy atom. The van der Waals surface area contributed by atoms with Crippen LogP contribution in [0, 0.1) is 13.8 Å². The van der Waals surface area contributed by atoms with Crippen molar-refractivity contribution in [1.82, 2.24) is 19.9 Å². The number of ether oxygens (including phenoxy) is 1. The van der Waals surface area contributed by atoms with Gasteiger partial charge in [0, 0.05) is 5.69 Å². The van der Waals surface area contributed by atoms with Crippen LogP contribution in [0.4, 0.5) is 5.95 Å². The van der Waals surface area contributed by atoms with Crippen LogP contribution in [0.5, 0.6) is 6.01 Å². The molecule has 0 aromatic carbocycles. The van der Waals surface area contributed by atoms with E-state index in [1.165, 1.54) is 11.8 Å². The van der Waals surface area contributed by atoms with Gasteiger partial charge in [0.2, 0.25) is 11.1 Å². The van der Waals surface area contributed by atoms with Crippen LogP contribution in [0.2, 0.25) is 0 Å². The predicted molar refractivity (Wildman–Crippen MR) is 77.8 cm³/mol. The summed E-state index contributed by atoms with van der Waals surface area (Å²) in [4.78, 5) is 16.7. The number of nitrogens with two attached hydrogens (primary N) is 1. The number of aromatic nitrogens is 4. The summed E-state index contributed by atoms with van der Waals surface area (Å²) in [6, 6.07) is 4.22. The van der Waals surface area contributed by atoms with Crippen molar-refractivity contribution in [2.75, 3.05) is 5.73 Å². The summed E-state index contributed by atoms with van der Waals surface area (Å²) in [7, 11) is 0. The Balaban J connectivity index is 2.26. The van der Waals surface area contributed by atoms with Gasteiger partial charge in [-0.25, -0.2) is 4.98 Å². The normalized spacial score (nSPS) is 10.8. The van der Waals surface area contributed by atoms with E-state index in [1.807, 2.05) is 39.8 Å². The quantitative estimate of drug-likeness (QED) is 0.925. The summed E-state index contributed by atoms with van der Waals surface area (Å²) in [6.45, 7) is 7.77. The van der Waals surface area contributed by atoms with Crippen molar-refractivity contribution in [3.63, 3.8) is 0 Å². The van der Waals surface area contributed by atoms with Crippen molar-refractivity contribution < 1.29 is 4.74 Å². The fraction of sp³-hybridized carbons (Fsp3) is 0.385. The fourth-order valence-electron chi connectivity index (χ4n) is 1.61. The van der Waals surface area contributed by atoms with E-state index in [4.69, 9.17) is 10.5 Å². The highest BCUT2D eigenvalue weighted by Crippen LogP contribution is 2.25. The molecular formula is C13H17N5OS. The van der Waals surface area contributed by atoms with E-state index in [-0.39, 0.29) is 18.1 Å². The number of nitrogens with zero attached hydrogens (tertiary/aromatic N) is 4. The predicted octanol–water partition coefficient (Wildman–Crippen LogP) is 2.40. The lowest BCUT2D eigenvalue weighted by Gasteiger charge is -2.09. The van der Waals surface area contributed by atoms with E-state index < -0.39 is 0 Å². The van der Waals surface area contributed by atoms with Crippen LogP contribution in [-0.2, 0) is 0 Å². The van der Waals surface area contributed by atoms with E-state index in [9.17, 15) is 0 Å². The molecule has 7 heteroatoms. The molecule has 0 unspecified atom stereocenters. The fourth-order valence-corrected chi connectivity index (χ4v) is 2.50. The molecule has 0 aliphatic heterocycles. The lowest BCUT2D eigenvalue weighted by atomic mass is 10.3. The second-order valence-electron chi connectivity index (χ2n) is 4.65. The van der Waals surface area contributed by atoms with E-state index in [1.54, 1.807) is 0 Å². The Morgan fingerprint density at radius 3 is 2.50 bits per heavy atom. The highest BCUT2D eigenvalue weighted by atomic mass is 32.2. The minimum absolute atomic E-state index is 0.0195. The Labute approximate surface area is 122 Å². The van der Waals surface area contributed by atoms with Crippen molar-refractivity contribution >= 4 is 17.7 Å². The van der Waals surface area contributed by atoms with Gasteiger partial charge in [0.05, 0.1) is 6.10 Å². The van der Waals surface area contributed by atoms with Gasteiger partial charge in [0.15, 0.2) is 0 Å². The van der Waals surface area contributed by atoms with Gasteiger partial charge in [-0.3, -0.25) is 0 Å². The average molecular weight is 291 g/mol. The molecule has 0 saturated carbocycles. The maximum Gasteiger partial charge on any atom is 0.322 e. The lowest BCUT2D eigenvalue weighted by Crippen LogP contribution is -2.10. The van der Waals surface area contributed by atoms with Crippen molar-refractivity contribution in [2.45, 2.75) is 44.0 Å².